The molecule has 0 fully saturated rings. The number of primary sulfonamides is 1. The van der Waals surface area contributed by atoms with E-state index < -0.39 is 51.0 Å². The number of pyridine rings is 1. The average molecular weight is 305 g/mol. The van der Waals surface area contributed by atoms with Gasteiger partial charge < -0.3 is 5.73 Å². The summed E-state index contributed by atoms with van der Waals surface area (Å²) in [5.41, 5.74) is 0.758. The predicted molar refractivity (Wildman–Crippen MR) is 53.5 cm³/mol. The molecule has 1 rings (SSSR count). The number of sulfonamides is 1. The Labute approximate surface area is 104 Å². The Kier molecular flexibility index (Phi) is 4.12. The number of rotatable bonds is 3. The van der Waals surface area contributed by atoms with Gasteiger partial charge >= 0.3 is 6.18 Å². The number of aromatic nitrogens is 1. The number of alkyl halides is 5. The van der Waals surface area contributed by atoms with E-state index in [1.165, 1.54) is 0 Å². The SMILES string of the molecule is NCc1cc(S(N)(=O)=O)c(C(F)F)c(C(F)(F)F)n1. The lowest BCUT2D eigenvalue weighted by atomic mass is 10.1. The molecule has 5 nitrogen and oxygen atoms in total. The van der Waals surface area contributed by atoms with Gasteiger partial charge in [0.25, 0.3) is 6.43 Å². The van der Waals surface area contributed by atoms with E-state index in [1.54, 1.807) is 0 Å². The van der Waals surface area contributed by atoms with Gasteiger partial charge in [-0.15, -0.1) is 0 Å². The first-order chi connectivity index (χ1) is 8.48. The maximum absolute atomic E-state index is 12.7. The Bertz CT molecular complexity index is 585. The van der Waals surface area contributed by atoms with Crippen molar-refractivity contribution in [1.29, 1.82) is 0 Å². The normalized spacial score (nSPS) is 13.1. The third-order valence-corrected chi connectivity index (χ3v) is 3.03. The molecule has 0 unspecified atom stereocenters. The molecule has 4 N–H and O–H groups in total. The van der Waals surface area contributed by atoms with E-state index in [-0.39, 0.29) is 0 Å². The summed E-state index contributed by atoms with van der Waals surface area (Å²) in [7, 11) is -4.77. The fourth-order valence-electron chi connectivity index (χ4n) is 1.35. The Balaban J connectivity index is 3.82. The summed E-state index contributed by atoms with van der Waals surface area (Å²) in [5.74, 6) is 0. The Morgan fingerprint density at radius 3 is 2.16 bits per heavy atom. The third kappa shape index (κ3) is 3.36. The van der Waals surface area contributed by atoms with Crippen LogP contribution < -0.4 is 10.9 Å². The molecule has 0 aliphatic carbocycles. The molecule has 0 bridgehead atoms. The van der Waals surface area contributed by atoms with Crippen LogP contribution in [0.1, 0.15) is 23.4 Å². The number of nitrogens with two attached hydrogens (primary N) is 2. The Hall–Kier alpha value is -1.33. The van der Waals surface area contributed by atoms with Gasteiger partial charge in [0.1, 0.15) is 0 Å². The highest BCUT2D eigenvalue weighted by molar-refractivity contribution is 7.89. The monoisotopic (exact) mass is 305 g/mol. The van der Waals surface area contributed by atoms with E-state index in [9.17, 15) is 30.4 Å². The molecule has 1 heterocycles. The second-order valence-corrected chi connectivity index (χ2v) is 4.95. The highest BCUT2D eigenvalue weighted by atomic mass is 32.2. The molecule has 1 aromatic rings. The van der Waals surface area contributed by atoms with Gasteiger partial charge in [0.2, 0.25) is 10.0 Å². The van der Waals surface area contributed by atoms with Crippen LogP contribution in [0.4, 0.5) is 22.0 Å². The molecule has 11 heteroatoms. The molecule has 0 aromatic carbocycles. The summed E-state index contributed by atoms with van der Waals surface area (Å²) in [6.45, 7) is -0.560. The minimum Gasteiger partial charge on any atom is -0.325 e. The van der Waals surface area contributed by atoms with Gasteiger partial charge in [0, 0.05) is 6.54 Å². The standard InChI is InChI=1S/C8H8F5N3O2S/c9-7(10)5-4(19(15,17)18)1-3(2-14)16-6(5)8(11,12)13/h1,7H,2,14H2,(H2,15,17,18). The minimum atomic E-state index is -5.25. The fourth-order valence-corrected chi connectivity index (χ4v) is 2.14. The molecule has 108 valence electrons. The van der Waals surface area contributed by atoms with Crippen molar-refractivity contribution in [1.82, 2.24) is 4.98 Å². The highest BCUT2D eigenvalue weighted by Gasteiger charge is 2.41. The van der Waals surface area contributed by atoms with Crippen LogP contribution in [0.3, 0.4) is 0 Å². The minimum absolute atomic E-state index is 0.506. The molecule has 0 spiro atoms. The molecule has 1 aromatic heterocycles. The van der Waals surface area contributed by atoms with Crippen molar-refractivity contribution in [2.45, 2.75) is 24.0 Å². The highest BCUT2D eigenvalue weighted by Crippen LogP contribution is 2.38. The first kappa shape index (κ1) is 15.7. The van der Waals surface area contributed by atoms with Gasteiger partial charge in [-0.25, -0.2) is 27.3 Å². The molecule has 0 amide bonds. The van der Waals surface area contributed by atoms with E-state index in [0.29, 0.717) is 6.07 Å². The maximum Gasteiger partial charge on any atom is 0.433 e. The molecule has 19 heavy (non-hydrogen) atoms. The molecule has 0 saturated heterocycles. The van der Waals surface area contributed by atoms with Crippen LogP contribution in [-0.2, 0) is 22.7 Å². The molecule has 0 atom stereocenters. The van der Waals surface area contributed by atoms with Gasteiger partial charge in [-0.2, -0.15) is 13.2 Å². The van der Waals surface area contributed by atoms with Crippen molar-refractivity contribution >= 4 is 10.0 Å². The maximum atomic E-state index is 12.7. The molecular weight excluding hydrogens is 297 g/mol. The van der Waals surface area contributed by atoms with Crippen LogP contribution in [0.5, 0.6) is 0 Å². The van der Waals surface area contributed by atoms with Gasteiger partial charge in [-0.3, -0.25) is 0 Å². The average Bonchev–Trinajstić information content (AvgIpc) is 2.24. The van der Waals surface area contributed by atoms with E-state index >= 15 is 0 Å². The topological polar surface area (TPSA) is 99.1 Å². The molecule has 0 aliphatic heterocycles. The van der Waals surface area contributed by atoms with Crippen molar-refractivity contribution in [2.24, 2.45) is 10.9 Å². The summed E-state index contributed by atoms with van der Waals surface area (Å²) < 4.78 is 85.5. The summed E-state index contributed by atoms with van der Waals surface area (Å²) >= 11 is 0. The van der Waals surface area contributed by atoms with Crippen LogP contribution in [-0.4, -0.2) is 13.4 Å². The lowest BCUT2D eigenvalue weighted by molar-refractivity contribution is -0.143. The second-order valence-electron chi connectivity index (χ2n) is 3.42. The molecule has 0 saturated carbocycles. The zero-order valence-electron chi connectivity index (χ0n) is 9.08. The van der Waals surface area contributed by atoms with Crippen molar-refractivity contribution in [3.63, 3.8) is 0 Å². The lowest BCUT2D eigenvalue weighted by Gasteiger charge is -2.15. The summed E-state index contributed by atoms with van der Waals surface area (Å²) in [6, 6.07) is 0.506. The Morgan fingerprint density at radius 1 is 1.32 bits per heavy atom. The van der Waals surface area contributed by atoms with Crippen molar-refractivity contribution in [3.8, 4) is 0 Å². The van der Waals surface area contributed by atoms with E-state index in [1.807, 2.05) is 0 Å². The van der Waals surface area contributed by atoms with E-state index in [2.05, 4.69) is 10.1 Å². The number of nitrogens with zero attached hydrogens (tertiary/aromatic N) is 1. The zero-order chi connectivity index (χ0) is 15.0. The van der Waals surface area contributed by atoms with Gasteiger partial charge in [-0.1, -0.05) is 0 Å². The van der Waals surface area contributed by atoms with Crippen LogP contribution >= 0.6 is 0 Å². The zero-order valence-corrected chi connectivity index (χ0v) is 9.89. The number of hydrogen-bond donors (Lipinski definition) is 2. The summed E-state index contributed by atoms with van der Waals surface area (Å²) in [4.78, 5) is 1.58. The fraction of sp³-hybridized carbons (Fsp3) is 0.375. The largest absolute Gasteiger partial charge is 0.433 e. The Morgan fingerprint density at radius 2 is 1.84 bits per heavy atom. The lowest BCUT2D eigenvalue weighted by Crippen LogP contribution is -2.22. The molecule has 0 aliphatic rings. The van der Waals surface area contributed by atoms with Gasteiger partial charge in [0.05, 0.1) is 16.2 Å². The van der Waals surface area contributed by atoms with E-state index in [4.69, 9.17) is 5.73 Å². The molecule has 0 radical (unpaired) electrons. The quantitative estimate of drug-likeness (QED) is 0.818. The van der Waals surface area contributed by atoms with Crippen molar-refractivity contribution in [2.75, 3.05) is 0 Å². The van der Waals surface area contributed by atoms with E-state index in [0.717, 1.165) is 0 Å². The number of halogens is 5. The van der Waals surface area contributed by atoms with Crippen molar-refractivity contribution in [3.05, 3.63) is 23.0 Å². The van der Waals surface area contributed by atoms with Gasteiger partial charge in [0.15, 0.2) is 5.69 Å². The first-order valence-corrected chi connectivity index (χ1v) is 6.15. The summed E-state index contributed by atoms with van der Waals surface area (Å²) in [6.07, 6.45) is -8.96. The number of hydrogen-bond acceptors (Lipinski definition) is 4. The second kappa shape index (κ2) is 4.98. The van der Waals surface area contributed by atoms with Crippen LogP contribution in [0.25, 0.3) is 0 Å². The third-order valence-electron chi connectivity index (χ3n) is 2.08. The predicted octanol–water partition coefficient (Wildman–Crippen LogP) is 1.14. The van der Waals surface area contributed by atoms with Crippen LogP contribution in [0.2, 0.25) is 0 Å². The van der Waals surface area contributed by atoms with Crippen molar-refractivity contribution < 1.29 is 30.4 Å². The smallest absolute Gasteiger partial charge is 0.325 e. The first-order valence-electron chi connectivity index (χ1n) is 4.60. The van der Waals surface area contributed by atoms with Crippen LogP contribution in [0.15, 0.2) is 11.0 Å². The van der Waals surface area contributed by atoms with Gasteiger partial charge in [-0.05, 0) is 6.07 Å². The summed E-state index contributed by atoms with van der Waals surface area (Å²) in [5, 5.41) is 4.63. The molecular formula is C8H8F5N3O2S. The van der Waals surface area contributed by atoms with Crippen LogP contribution in [0, 0.1) is 0 Å².